The van der Waals surface area contributed by atoms with Gasteiger partial charge in [-0.3, -0.25) is 4.79 Å². The highest BCUT2D eigenvalue weighted by Gasteiger charge is 2.08. The predicted octanol–water partition coefficient (Wildman–Crippen LogP) is 0.739. The highest BCUT2D eigenvalue weighted by atomic mass is 16.1. The van der Waals surface area contributed by atoms with Gasteiger partial charge in [0.15, 0.2) is 5.82 Å². The van der Waals surface area contributed by atoms with Gasteiger partial charge in [0.2, 0.25) is 5.91 Å². The van der Waals surface area contributed by atoms with Crippen LogP contribution in [0.5, 0.6) is 0 Å². The van der Waals surface area contributed by atoms with E-state index < -0.39 is 0 Å². The average molecular weight is 259 g/mol. The van der Waals surface area contributed by atoms with Crippen LogP contribution in [0.1, 0.15) is 18.3 Å². The van der Waals surface area contributed by atoms with Gasteiger partial charge >= 0.3 is 0 Å². The number of rotatable bonds is 5. The number of hydrogen-bond donors (Lipinski definition) is 2. The Labute approximate surface area is 111 Å². The van der Waals surface area contributed by atoms with E-state index in [1.165, 1.54) is 0 Å². The van der Waals surface area contributed by atoms with Crippen LogP contribution in [0.15, 0.2) is 30.6 Å². The van der Waals surface area contributed by atoms with Crippen LogP contribution in [0, 0.1) is 0 Å². The number of benzene rings is 1. The second-order valence-corrected chi connectivity index (χ2v) is 4.19. The average Bonchev–Trinajstić information content (AvgIpc) is 2.86. The molecular formula is C13H17N5O. The number of aromatic nitrogens is 3. The van der Waals surface area contributed by atoms with Crippen molar-refractivity contribution in [3.8, 4) is 0 Å². The van der Waals surface area contributed by atoms with Crippen molar-refractivity contribution in [3.63, 3.8) is 0 Å². The van der Waals surface area contributed by atoms with Gasteiger partial charge in [0.05, 0.1) is 13.0 Å². The van der Waals surface area contributed by atoms with Gasteiger partial charge in [-0.25, -0.2) is 0 Å². The van der Waals surface area contributed by atoms with Crippen molar-refractivity contribution in [2.24, 2.45) is 0 Å². The lowest BCUT2D eigenvalue weighted by atomic mass is 10.1. The Morgan fingerprint density at radius 2 is 2.21 bits per heavy atom. The molecule has 1 aromatic carbocycles. The first-order valence-electron chi connectivity index (χ1n) is 6.17. The number of nitrogens with one attached hydrogen (secondary N) is 1. The van der Waals surface area contributed by atoms with Gasteiger partial charge < -0.3 is 15.6 Å². The molecule has 1 amide bonds. The van der Waals surface area contributed by atoms with Crippen molar-refractivity contribution in [1.82, 2.24) is 20.1 Å². The van der Waals surface area contributed by atoms with E-state index in [9.17, 15) is 4.79 Å². The molecule has 6 nitrogen and oxygen atoms in total. The van der Waals surface area contributed by atoms with Crippen LogP contribution in [0.3, 0.4) is 0 Å². The SMILES string of the molecule is CCn1cnnc1CNC(=O)Cc1ccccc1N. The number of amides is 1. The van der Waals surface area contributed by atoms with Gasteiger partial charge in [0.1, 0.15) is 6.33 Å². The summed E-state index contributed by atoms with van der Waals surface area (Å²) >= 11 is 0. The molecule has 2 rings (SSSR count). The van der Waals surface area contributed by atoms with Crippen molar-refractivity contribution in [2.45, 2.75) is 26.4 Å². The topological polar surface area (TPSA) is 85.8 Å². The lowest BCUT2D eigenvalue weighted by molar-refractivity contribution is -0.120. The third-order valence-corrected chi connectivity index (χ3v) is 2.89. The summed E-state index contributed by atoms with van der Waals surface area (Å²) < 4.78 is 1.89. The van der Waals surface area contributed by atoms with E-state index in [1.54, 1.807) is 12.4 Å². The van der Waals surface area contributed by atoms with Gasteiger partial charge in [-0.2, -0.15) is 0 Å². The smallest absolute Gasteiger partial charge is 0.224 e. The molecule has 2 aromatic rings. The number of para-hydroxylation sites is 1. The molecule has 0 saturated carbocycles. The fourth-order valence-electron chi connectivity index (χ4n) is 1.79. The summed E-state index contributed by atoms with van der Waals surface area (Å²) in [5.74, 6) is 0.667. The molecule has 6 heteroatoms. The number of aryl methyl sites for hydroxylation is 1. The molecule has 0 aliphatic carbocycles. The highest BCUT2D eigenvalue weighted by molar-refractivity contribution is 5.80. The van der Waals surface area contributed by atoms with Crippen LogP contribution in [0.2, 0.25) is 0 Å². The Bertz CT molecular complexity index is 564. The molecule has 19 heavy (non-hydrogen) atoms. The Kier molecular flexibility index (Phi) is 4.12. The molecule has 0 aliphatic rings. The second kappa shape index (κ2) is 5.99. The number of nitrogens with two attached hydrogens (primary N) is 1. The third-order valence-electron chi connectivity index (χ3n) is 2.89. The number of hydrogen-bond acceptors (Lipinski definition) is 4. The Balaban J connectivity index is 1.90. The quantitative estimate of drug-likeness (QED) is 0.775. The van der Waals surface area contributed by atoms with E-state index in [0.29, 0.717) is 12.2 Å². The molecule has 1 aromatic heterocycles. The largest absolute Gasteiger partial charge is 0.398 e. The first kappa shape index (κ1) is 13.1. The van der Waals surface area contributed by atoms with E-state index in [0.717, 1.165) is 17.9 Å². The Morgan fingerprint density at radius 3 is 2.95 bits per heavy atom. The number of carbonyl (C=O) groups is 1. The van der Waals surface area contributed by atoms with Gasteiger partial charge in [-0.1, -0.05) is 18.2 Å². The summed E-state index contributed by atoms with van der Waals surface area (Å²) in [6, 6.07) is 7.35. The van der Waals surface area contributed by atoms with Crippen LogP contribution in [0.4, 0.5) is 5.69 Å². The molecule has 3 N–H and O–H groups in total. The minimum Gasteiger partial charge on any atom is -0.398 e. The zero-order chi connectivity index (χ0) is 13.7. The number of nitrogen functional groups attached to an aromatic ring is 1. The summed E-state index contributed by atoms with van der Waals surface area (Å²) in [6.07, 6.45) is 1.92. The van der Waals surface area contributed by atoms with Crippen LogP contribution in [0.25, 0.3) is 0 Å². The number of anilines is 1. The molecule has 0 unspecified atom stereocenters. The molecule has 0 aliphatic heterocycles. The fraction of sp³-hybridized carbons (Fsp3) is 0.308. The molecular weight excluding hydrogens is 242 g/mol. The maximum absolute atomic E-state index is 11.8. The van der Waals surface area contributed by atoms with Crippen molar-refractivity contribution in [1.29, 1.82) is 0 Å². The molecule has 0 fully saturated rings. The number of nitrogens with zero attached hydrogens (tertiary/aromatic N) is 3. The first-order chi connectivity index (χ1) is 9.20. The molecule has 0 atom stereocenters. The summed E-state index contributed by atoms with van der Waals surface area (Å²) in [5.41, 5.74) is 7.26. The minimum absolute atomic E-state index is 0.0800. The van der Waals surface area contributed by atoms with Crippen LogP contribution in [-0.4, -0.2) is 20.7 Å². The van der Waals surface area contributed by atoms with Gasteiger partial charge in [0, 0.05) is 12.2 Å². The Morgan fingerprint density at radius 1 is 1.42 bits per heavy atom. The lowest BCUT2D eigenvalue weighted by Gasteiger charge is -2.07. The van der Waals surface area contributed by atoms with Crippen LogP contribution >= 0.6 is 0 Å². The molecule has 0 bridgehead atoms. The van der Waals surface area contributed by atoms with E-state index in [2.05, 4.69) is 15.5 Å². The van der Waals surface area contributed by atoms with Gasteiger partial charge in [0.25, 0.3) is 0 Å². The van der Waals surface area contributed by atoms with Crippen molar-refractivity contribution in [2.75, 3.05) is 5.73 Å². The normalized spacial score (nSPS) is 10.4. The summed E-state index contributed by atoms with van der Waals surface area (Å²) in [6.45, 7) is 3.16. The first-order valence-corrected chi connectivity index (χ1v) is 6.17. The summed E-state index contributed by atoms with van der Waals surface area (Å²) in [4.78, 5) is 11.8. The fourth-order valence-corrected chi connectivity index (χ4v) is 1.79. The molecule has 0 saturated heterocycles. The molecule has 0 radical (unpaired) electrons. The summed E-state index contributed by atoms with van der Waals surface area (Å²) in [5, 5.41) is 10.6. The monoisotopic (exact) mass is 259 g/mol. The highest BCUT2D eigenvalue weighted by Crippen LogP contribution is 2.10. The standard InChI is InChI=1S/C13H17N5O/c1-2-18-9-16-17-12(18)8-15-13(19)7-10-5-3-4-6-11(10)14/h3-6,9H,2,7-8,14H2,1H3,(H,15,19). The van der Waals surface area contributed by atoms with Crippen molar-refractivity contribution in [3.05, 3.63) is 42.0 Å². The van der Waals surface area contributed by atoms with Crippen LogP contribution in [-0.2, 0) is 24.3 Å². The van der Waals surface area contributed by atoms with Gasteiger partial charge in [-0.15, -0.1) is 10.2 Å². The van der Waals surface area contributed by atoms with E-state index in [-0.39, 0.29) is 12.3 Å². The summed E-state index contributed by atoms with van der Waals surface area (Å²) in [7, 11) is 0. The molecule has 0 spiro atoms. The van der Waals surface area contributed by atoms with Crippen LogP contribution < -0.4 is 11.1 Å². The van der Waals surface area contributed by atoms with E-state index >= 15 is 0 Å². The van der Waals surface area contributed by atoms with Crippen molar-refractivity contribution < 1.29 is 4.79 Å². The number of carbonyl (C=O) groups excluding carboxylic acids is 1. The second-order valence-electron chi connectivity index (χ2n) is 4.19. The van der Waals surface area contributed by atoms with E-state index in [4.69, 9.17) is 5.73 Å². The van der Waals surface area contributed by atoms with Gasteiger partial charge in [-0.05, 0) is 18.6 Å². The minimum atomic E-state index is -0.0800. The maximum atomic E-state index is 11.8. The molecule has 100 valence electrons. The lowest BCUT2D eigenvalue weighted by Crippen LogP contribution is -2.26. The Hall–Kier alpha value is -2.37. The maximum Gasteiger partial charge on any atom is 0.224 e. The molecule has 1 heterocycles. The zero-order valence-electron chi connectivity index (χ0n) is 10.8. The predicted molar refractivity (Wildman–Crippen MR) is 72.1 cm³/mol. The third kappa shape index (κ3) is 3.31. The zero-order valence-corrected chi connectivity index (χ0v) is 10.8. The van der Waals surface area contributed by atoms with E-state index in [1.807, 2.05) is 29.7 Å². The van der Waals surface area contributed by atoms with Crippen molar-refractivity contribution >= 4 is 11.6 Å².